The van der Waals surface area contributed by atoms with Crippen molar-refractivity contribution in [3.8, 4) is 0 Å². The van der Waals surface area contributed by atoms with Gasteiger partial charge in [0.2, 0.25) is 11.5 Å². The zero-order chi connectivity index (χ0) is 18.7. The SMILES string of the molecule is CCc1cc(=O)[nH]c2cc(NC(=O)Cc3ccc([N+](=O)[O-])cc3)ccc12. The van der Waals surface area contributed by atoms with E-state index in [1.165, 1.54) is 12.1 Å². The van der Waals surface area contributed by atoms with Crippen LogP contribution in [0.1, 0.15) is 18.1 Å². The van der Waals surface area contributed by atoms with Crippen LogP contribution in [0.5, 0.6) is 0 Å². The number of aryl methyl sites for hydroxylation is 1. The zero-order valence-electron chi connectivity index (χ0n) is 14.1. The topological polar surface area (TPSA) is 105 Å². The number of benzene rings is 2. The molecular formula is C19H17N3O4. The number of hydrogen-bond donors (Lipinski definition) is 2. The fraction of sp³-hybridized carbons (Fsp3) is 0.158. The van der Waals surface area contributed by atoms with Crippen molar-refractivity contribution >= 4 is 28.2 Å². The lowest BCUT2D eigenvalue weighted by atomic mass is 10.1. The Balaban J connectivity index is 1.76. The van der Waals surface area contributed by atoms with Gasteiger partial charge in [-0.3, -0.25) is 19.7 Å². The predicted octanol–water partition coefficient (Wildman–Crippen LogP) is 3.18. The van der Waals surface area contributed by atoms with E-state index in [1.807, 2.05) is 13.0 Å². The Morgan fingerprint density at radius 3 is 2.54 bits per heavy atom. The maximum absolute atomic E-state index is 12.2. The fourth-order valence-electron chi connectivity index (χ4n) is 2.83. The predicted molar refractivity (Wildman–Crippen MR) is 99.4 cm³/mol. The summed E-state index contributed by atoms with van der Waals surface area (Å²) >= 11 is 0. The van der Waals surface area contributed by atoms with Crippen molar-refractivity contribution in [2.45, 2.75) is 19.8 Å². The molecule has 2 N–H and O–H groups in total. The summed E-state index contributed by atoms with van der Waals surface area (Å²) < 4.78 is 0. The molecule has 26 heavy (non-hydrogen) atoms. The third-order valence-electron chi connectivity index (χ3n) is 4.11. The average Bonchev–Trinajstić information content (AvgIpc) is 2.61. The number of hydrogen-bond acceptors (Lipinski definition) is 4. The molecule has 2 aromatic carbocycles. The molecule has 0 saturated carbocycles. The van der Waals surface area contributed by atoms with Crippen LogP contribution in [0.2, 0.25) is 0 Å². The molecule has 0 spiro atoms. The van der Waals surface area contributed by atoms with Gasteiger partial charge in [-0.15, -0.1) is 0 Å². The first-order chi connectivity index (χ1) is 12.5. The van der Waals surface area contributed by atoms with Crippen LogP contribution >= 0.6 is 0 Å². The van der Waals surface area contributed by atoms with Crippen molar-refractivity contribution < 1.29 is 9.72 Å². The minimum absolute atomic E-state index is 0.0145. The molecule has 0 aliphatic carbocycles. The Kier molecular flexibility index (Phi) is 4.79. The van der Waals surface area contributed by atoms with E-state index in [2.05, 4.69) is 10.3 Å². The van der Waals surface area contributed by atoms with E-state index in [0.717, 1.165) is 17.4 Å². The quantitative estimate of drug-likeness (QED) is 0.544. The molecule has 7 heteroatoms. The number of pyridine rings is 1. The van der Waals surface area contributed by atoms with Crippen molar-refractivity contribution in [2.24, 2.45) is 0 Å². The third-order valence-corrected chi connectivity index (χ3v) is 4.11. The van der Waals surface area contributed by atoms with Crippen molar-refractivity contribution in [2.75, 3.05) is 5.32 Å². The number of aromatic amines is 1. The lowest BCUT2D eigenvalue weighted by Crippen LogP contribution is -2.14. The summed E-state index contributed by atoms with van der Waals surface area (Å²) in [5.41, 5.74) is 2.68. The number of rotatable bonds is 5. The van der Waals surface area contributed by atoms with Crippen LogP contribution in [-0.2, 0) is 17.6 Å². The van der Waals surface area contributed by atoms with Gasteiger partial charge in [0, 0.05) is 29.3 Å². The number of carbonyl (C=O) groups is 1. The number of carbonyl (C=O) groups excluding carboxylic acids is 1. The number of H-pyrrole nitrogens is 1. The minimum Gasteiger partial charge on any atom is -0.326 e. The van der Waals surface area contributed by atoms with Gasteiger partial charge in [0.25, 0.3) is 5.69 Å². The molecule has 0 unspecified atom stereocenters. The molecule has 3 rings (SSSR count). The summed E-state index contributed by atoms with van der Waals surface area (Å²) in [5, 5.41) is 14.4. The van der Waals surface area contributed by atoms with Gasteiger partial charge in [-0.1, -0.05) is 25.1 Å². The second-order valence-corrected chi connectivity index (χ2v) is 5.92. The Morgan fingerprint density at radius 1 is 1.15 bits per heavy atom. The van der Waals surface area contributed by atoms with Crippen LogP contribution in [-0.4, -0.2) is 15.8 Å². The first kappa shape index (κ1) is 17.3. The summed E-state index contributed by atoms with van der Waals surface area (Å²) in [4.78, 5) is 36.9. The number of nitrogens with zero attached hydrogens (tertiary/aromatic N) is 1. The van der Waals surface area contributed by atoms with Gasteiger partial charge < -0.3 is 10.3 Å². The second kappa shape index (κ2) is 7.18. The molecule has 3 aromatic rings. The molecule has 1 heterocycles. The standard InChI is InChI=1S/C19H17N3O4/c1-2-13-10-19(24)21-17-11-14(5-8-16(13)17)20-18(23)9-12-3-6-15(7-4-12)22(25)26/h3-8,10-11H,2,9H2,1H3,(H,20,23)(H,21,24). The van der Waals surface area contributed by atoms with Crippen LogP contribution in [0.3, 0.4) is 0 Å². The van der Waals surface area contributed by atoms with Crippen LogP contribution in [0, 0.1) is 10.1 Å². The summed E-state index contributed by atoms with van der Waals surface area (Å²) in [6.07, 6.45) is 0.841. The highest BCUT2D eigenvalue weighted by Crippen LogP contribution is 2.20. The summed E-state index contributed by atoms with van der Waals surface area (Å²) in [6, 6.07) is 12.8. The number of aromatic nitrogens is 1. The zero-order valence-corrected chi connectivity index (χ0v) is 14.1. The van der Waals surface area contributed by atoms with Crippen LogP contribution < -0.4 is 10.9 Å². The van der Waals surface area contributed by atoms with Crippen LogP contribution in [0.4, 0.5) is 11.4 Å². The molecule has 0 saturated heterocycles. The average molecular weight is 351 g/mol. The number of fused-ring (bicyclic) bond motifs is 1. The Bertz CT molecular complexity index is 1040. The van der Waals surface area contributed by atoms with E-state index < -0.39 is 4.92 Å². The van der Waals surface area contributed by atoms with Crippen molar-refractivity contribution in [1.29, 1.82) is 0 Å². The lowest BCUT2D eigenvalue weighted by Gasteiger charge is -2.08. The van der Waals surface area contributed by atoms with E-state index in [4.69, 9.17) is 0 Å². The van der Waals surface area contributed by atoms with Gasteiger partial charge in [0.05, 0.1) is 16.9 Å². The molecule has 0 aliphatic rings. The van der Waals surface area contributed by atoms with Crippen molar-refractivity contribution in [1.82, 2.24) is 4.98 Å². The second-order valence-electron chi connectivity index (χ2n) is 5.92. The molecule has 0 bridgehead atoms. The van der Waals surface area contributed by atoms with Crippen molar-refractivity contribution in [3.05, 3.63) is 80.1 Å². The Labute approximate surface area is 148 Å². The largest absolute Gasteiger partial charge is 0.326 e. The number of nitro groups is 1. The number of non-ortho nitro benzene ring substituents is 1. The summed E-state index contributed by atoms with van der Waals surface area (Å²) in [5.74, 6) is -0.243. The molecule has 0 aliphatic heterocycles. The lowest BCUT2D eigenvalue weighted by molar-refractivity contribution is -0.384. The number of nitro benzene ring substituents is 1. The number of anilines is 1. The highest BCUT2D eigenvalue weighted by molar-refractivity contribution is 5.95. The first-order valence-corrected chi connectivity index (χ1v) is 8.15. The summed E-state index contributed by atoms with van der Waals surface area (Å²) in [7, 11) is 0. The molecule has 0 radical (unpaired) electrons. The molecule has 0 fully saturated rings. The molecule has 1 amide bonds. The maximum atomic E-state index is 12.2. The van der Waals surface area contributed by atoms with E-state index in [-0.39, 0.29) is 23.6 Å². The van der Waals surface area contributed by atoms with Gasteiger partial charge in [-0.25, -0.2) is 0 Å². The van der Waals surface area contributed by atoms with E-state index >= 15 is 0 Å². The molecule has 132 valence electrons. The number of nitrogens with one attached hydrogen (secondary N) is 2. The highest BCUT2D eigenvalue weighted by atomic mass is 16.6. The number of amides is 1. The molecule has 1 aromatic heterocycles. The molecule has 7 nitrogen and oxygen atoms in total. The summed E-state index contributed by atoms with van der Waals surface area (Å²) in [6.45, 7) is 1.98. The Morgan fingerprint density at radius 2 is 1.88 bits per heavy atom. The highest BCUT2D eigenvalue weighted by Gasteiger charge is 2.09. The van der Waals surface area contributed by atoms with Crippen LogP contribution in [0.15, 0.2) is 53.3 Å². The van der Waals surface area contributed by atoms with Gasteiger partial charge in [-0.05, 0) is 29.7 Å². The maximum Gasteiger partial charge on any atom is 0.269 e. The van der Waals surface area contributed by atoms with Gasteiger partial charge in [0.1, 0.15) is 0 Å². The van der Waals surface area contributed by atoms with Crippen LogP contribution in [0.25, 0.3) is 10.9 Å². The molecule has 0 atom stereocenters. The van der Waals surface area contributed by atoms with Crippen molar-refractivity contribution in [3.63, 3.8) is 0 Å². The third kappa shape index (κ3) is 3.77. The smallest absolute Gasteiger partial charge is 0.269 e. The van der Waals surface area contributed by atoms with Gasteiger partial charge >= 0.3 is 0 Å². The van der Waals surface area contributed by atoms with E-state index in [0.29, 0.717) is 16.8 Å². The normalized spacial score (nSPS) is 10.7. The van der Waals surface area contributed by atoms with E-state index in [1.54, 1.807) is 30.3 Å². The monoisotopic (exact) mass is 351 g/mol. The van der Waals surface area contributed by atoms with Gasteiger partial charge in [0.15, 0.2) is 0 Å². The molecular weight excluding hydrogens is 334 g/mol. The van der Waals surface area contributed by atoms with Gasteiger partial charge in [-0.2, -0.15) is 0 Å². The fourth-order valence-corrected chi connectivity index (χ4v) is 2.83. The first-order valence-electron chi connectivity index (χ1n) is 8.15. The van der Waals surface area contributed by atoms with E-state index in [9.17, 15) is 19.7 Å². The minimum atomic E-state index is -0.482. The Hall–Kier alpha value is -3.48.